The van der Waals surface area contributed by atoms with E-state index in [2.05, 4.69) is 6.92 Å². The SMILES string of the molecule is CCCCC1(c2cc(O)c3cc(-c4ccccc4)c(=O)oc3c2)CCCC1. The van der Waals surface area contributed by atoms with Gasteiger partial charge in [-0.3, -0.25) is 0 Å². The van der Waals surface area contributed by atoms with E-state index in [1.165, 1.54) is 19.3 Å². The van der Waals surface area contributed by atoms with Crippen LogP contribution < -0.4 is 5.63 Å². The Kier molecular flexibility index (Phi) is 4.77. The third-order valence-electron chi connectivity index (χ3n) is 6.10. The Morgan fingerprint density at radius 2 is 1.81 bits per heavy atom. The van der Waals surface area contributed by atoms with Crippen LogP contribution >= 0.6 is 0 Å². The molecule has 1 N–H and O–H groups in total. The van der Waals surface area contributed by atoms with Crippen molar-refractivity contribution in [3.63, 3.8) is 0 Å². The quantitative estimate of drug-likeness (QED) is 0.552. The van der Waals surface area contributed by atoms with E-state index in [0.29, 0.717) is 16.5 Å². The normalized spacial score (nSPS) is 16.0. The second-order valence-corrected chi connectivity index (χ2v) is 7.81. The van der Waals surface area contributed by atoms with E-state index < -0.39 is 0 Å². The maximum Gasteiger partial charge on any atom is 0.344 e. The molecule has 0 radical (unpaired) electrons. The smallest absolute Gasteiger partial charge is 0.344 e. The first-order valence-corrected chi connectivity index (χ1v) is 10.00. The van der Waals surface area contributed by atoms with Gasteiger partial charge >= 0.3 is 5.63 Å². The lowest BCUT2D eigenvalue weighted by atomic mass is 9.74. The molecule has 3 heteroatoms. The molecule has 3 aromatic rings. The molecule has 1 heterocycles. The van der Waals surface area contributed by atoms with Crippen LogP contribution in [0.3, 0.4) is 0 Å². The minimum Gasteiger partial charge on any atom is -0.507 e. The number of phenolic OH excluding ortho intramolecular Hbond substituents is 1. The second kappa shape index (κ2) is 7.22. The summed E-state index contributed by atoms with van der Waals surface area (Å²) in [4.78, 5) is 12.6. The van der Waals surface area contributed by atoms with E-state index >= 15 is 0 Å². The highest BCUT2D eigenvalue weighted by Gasteiger charge is 2.35. The van der Waals surface area contributed by atoms with E-state index in [1.807, 2.05) is 42.5 Å². The maximum atomic E-state index is 12.6. The summed E-state index contributed by atoms with van der Waals surface area (Å²) >= 11 is 0. The first kappa shape index (κ1) is 17.8. The van der Waals surface area contributed by atoms with Crippen molar-refractivity contribution in [1.82, 2.24) is 0 Å². The summed E-state index contributed by atoms with van der Waals surface area (Å²) in [6.45, 7) is 2.21. The second-order valence-electron chi connectivity index (χ2n) is 7.81. The first-order valence-electron chi connectivity index (χ1n) is 10.00. The van der Waals surface area contributed by atoms with Crippen LogP contribution in [0.5, 0.6) is 5.75 Å². The zero-order valence-electron chi connectivity index (χ0n) is 15.8. The summed E-state index contributed by atoms with van der Waals surface area (Å²) in [5.74, 6) is 0.200. The lowest BCUT2D eigenvalue weighted by Gasteiger charge is -2.30. The largest absolute Gasteiger partial charge is 0.507 e. The molecular weight excluding hydrogens is 336 g/mol. The molecule has 0 unspecified atom stereocenters. The number of unbranched alkanes of at least 4 members (excludes halogenated alkanes) is 1. The minimum absolute atomic E-state index is 0.109. The van der Waals surface area contributed by atoms with Crippen molar-refractivity contribution in [2.75, 3.05) is 0 Å². The van der Waals surface area contributed by atoms with Gasteiger partial charge in [-0.25, -0.2) is 4.79 Å². The molecule has 0 bridgehead atoms. The Balaban J connectivity index is 1.84. The molecule has 0 spiro atoms. The standard InChI is InChI=1S/C24H26O3/c1-2-3-11-24(12-7-8-13-24)18-14-21(25)20-16-19(17-9-5-4-6-10-17)23(26)27-22(20)15-18/h4-6,9-10,14-16,25H,2-3,7-8,11-13H2,1H3. The lowest BCUT2D eigenvalue weighted by Crippen LogP contribution is -2.22. The Morgan fingerprint density at radius 3 is 2.52 bits per heavy atom. The van der Waals surface area contributed by atoms with Crippen LogP contribution in [0.15, 0.2) is 57.7 Å². The molecule has 0 atom stereocenters. The summed E-state index contributed by atoms with van der Waals surface area (Å²) in [6, 6.07) is 15.1. The van der Waals surface area contributed by atoms with Gasteiger partial charge in [0.2, 0.25) is 0 Å². The van der Waals surface area contributed by atoms with Crippen LogP contribution in [0, 0.1) is 0 Å². The Labute approximate surface area is 159 Å². The molecule has 2 aromatic carbocycles. The topological polar surface area (TPSA) is 50.4 Å². The summed E-state index contributed by atoms with van der Waals surface area (Å²) in [7, 11) is 0. The molecule has 27 heavy (non-hydrogen) atoms. The molecule has 1 aromatic heterocycles. The van der Waals surface area contributed by atoms with Crippen LogP contribution in [-0.4, -0.2) is 5.11 Å². The van der Waals surface area contributed by atoms with E-state index in [0.717, 1.165) is 36.8 Å². The van der Waals surface area contributed by atoms with Crippen molar-refractivity contribution in [2.24, 2.45) is 0 Å². The highest BCUT2D eigenvalue weighted by atomic mass is 16.4. The zero-order valence-corrected chi connectivity index (χ0v) is 15.8. The van der Waals surface area contributed by atoms with Crippen molar-refractivity contribution < 1.29 is 9.52 Å². The lowest BCUT2D eigenvalue weighted by molar-refractivity contribution is 0.387. The first-order chi connectivity index (χ1) is 13.1. The van der Waals surface area contributed by atoms with E-state index in [4.69, 9.17) is 4.42 Å². The molecule has 4 rings (SSSR count). The monoisotopic (exact) mass is 362 g/mol. The van der Waals surface area contributed by atoms with Crippen LogP contribution in [0.25, 0.3) is 22.1 Å². The molecule has 1 fully saturated rings. The molecule has 1 saturated carbocycles. The Hall–Kier alpha value is -2.55. The molecule has 1 aliphatic rings. The number of phenols is 1. The summed E-state index contributed by atoms with van der Waals surface area (Å²) in [5, 5.41) is 11.4. The van der Waals surface area contributed by atoms with Crippen LogP contribution in [0.1, 0.15) is 57.4 Å². The van der Waals surface area contributed by atoms with Gasteiger partial charge in [0.1, 0.15) is 11.3 Å². The fourth-order valence-corrected chi connectivity index (χ4v) is 4.57. The van der Waals surface area contributed by atoms with Gasteiger partial charge in [0.15, 0.2) is 0 Å². The van der Waals surface area contributed by atoms with Crippen LogP contribution in [-0.2, 0) is 5.41 Å². The van der Waals surface area contributed by atoms with Crippen molar-refractivity contribution in [3.8, 4) is 16.9 Å². The van der Waals surface area contributed by atoms with Crippen molar-refractivity contribution >= 4 is 11.0 Å². The van der Waals surface area contributed by atoms with Gasteiger partial charge in [0.05, 0.1) is 10.9 Å². The predicted octanol–water partition coefficient (Wildman–Crippen LogP) is 6.17. The summed E-state index contributed by atoms with van der Waals surface area (Å²) in [5.41, 5.74) is 2.63. The molecule has 0 aliphatic heterocycles. The number of rotatable bonds is 5. The average molecular weight is 362 g/mol. The number of hydrogen-bond donors (Lipinski definition) is 1. The van der Waals surface area contributed by atoms with Crippen molar-refractivity contribution in [2.45, 2.75) is 57.3 Å². The number of hydrogen-bond acceptors (Lipinski definition) is 3. The average Bonchev–Trinajstić information content (AvgIpc) is 3.16. The Morgan fingerprint density at radius 1 is 1.07 bits per heavy atom. The molecular formula is C24H26O3. The van der Waals surface area contributed by atoms with Gasteiger partial charge in [-0.2, -0.15) is 0 Å². The predicted molar refractivity (Wildman–Crippen MR) is 109 cm³/mol. The highest BCUT2D eigenvalue weighted by Crippen LogP contribution is 2.47. The molecule has 140 valence electrons. The van der Waals surface area contributed by atoms with Crippen molar-refractivity contribution in [3.05, 3.63) is 64.5 Å². The van der Waals surface area contributed by atoms with Gasteiger partial charge in [0, 0.05) is 0 Å². The van der Waals surface area contributed by atoms with Gasteiger partial charge in [-0.05, 0) is 54.0 Å². The molecule has 0 amide bonds. The fraction of sp³-hybridized carbons (Fsp3) is 0.375. The minimum atomic E-state index is -0.362. The van der Waals surface area contributed by atoms with Gasteiger partial charge < -0.3 is 9.52 Å². The number of fused-ring (bicyclic) bond motifs is 1. The van der Waals surface area contributed by atoms with Crippen molar-refractivity contribution in [1.29, 1.82) is 0 Å². The number of benzene rings is 2. The van der Waals surface area contributed by atoms with Gasteiger partial charge in [-0.15, -0.1) is 0 Å². The molecule has 1 aliphatic carbocycles. The fourth-order valence-electron chi connectivity index (χ4n) is 4.57. The highest BCUT2D eigenvalue weighted by molar-refractivity contribution is 5.87. The Bertz CT molecular complexity index is 995. The van der Waals surface area contributed by atoms with Crippen LogP contribution in [0.4, 0.5) is 0 Å². The zero-order chi connectivity index (χ0) is 18.9. The van der Waals surface area contributed by atoms with Gasteiger partial charge in [-0.1, -0.05) is 62.9 Å². The maximum absolute atomic E-state index is 12.6. The molecule has 3 nitrogen and oxygen atoms in total. The van der Waals surface area contributed by atoms with E-state index in [-0.39, 0.29) is 16.8 Å². The van der Waals surface area contributed by atoms with E-state index in [1.54, 1.807) is 6.07 Å². The molecule has 0 saturated heterocycles. The summed E-state index contributed by atoms with van der Waals surface area (Å²) < 4.78 is 5.66. The van der Waals surface area contributed by atoms with E-state index in [9.17, 15) is 9.90 Å². The van der Waals surface area contributed by atoms with Gasteiger partial charge in [0.25, 0.3) is 0 Å². The van der Waals surface area contributed by atoms with Crippen LogP contribution in [0.2, 0.25) is 0 Å². The third-order valence-corrected chi connectivity index (χ3v) is 6.10. The summed E-state index contributed by atoms with van der Waals surface area (Å²) in [6.07, 6.45) is 8.20. The number of aromatic hydroxyl groups is 1. The third kappa shape index (κ3) is 3.27.